The van der Waals surface area contributed by atoms with Crippen LogP contribution in [0.2, 0.25) is 0 Å². The van der Waals surface area contributed by atoms with Crippen LogP contribution in [-0.2, 0) is 19.9 Å². The molecule has 1 spiro atoms. The van der Waals surface area contributed by atoms with E-state index in [1.54, 1.807) is 17.3 Å². The number of aromatic nitrogens is 2. The first-order valence-corrected chi connectivity index (χ1v) is 10.4. The van der Waals surface area contributed by atoms with Crippen molar-refractivity contribution in [3.63, 3.8) is 0 Å². The van der Waals surface area contributed by atoms with Crippen molar-refractivity contribution in [2.24, 2.45) is 12.5 Å². The Morgan fingerprint density at radius 1 is 1.04 bits per heavy atom. The fourth-order valence-corrected chi connectivity index (χ4v) is 5.83. The van der Waals surface area contributed by atoms with Gasteiger partial charge in [0.25, 0.3) is 0 Å². The number of pyridine rings is 2. The summed E-state index contributed by atoms with van der Waals surface area (Å²) in [5.74, 6) is 0. The molecule has 2 aliphatic rings. The van der Waals surface area contributed by atoms with Crippen molar-refractivity contribution in [2.75, 3.05) is 0 Å². The van der Waals surface area contributed by atoms with Gasteiger partial charge >= 0.3 is 0 Å². The lowest BCUT2D eigenvalue weighted by Crippen LogP contribution is -2.32. The Kier molecular flexibility index (Phi) is 3.30. The number of hydrogen-bond donors (Lipinski definition) is 0. The summed E-state index contributed by atoms with van der Waals surface area (Å²) < 4.78 is 8.70. The molecule has 0 radical (unpaired) electrons. The molecule has 0 aliphatic heterocycles. The van der Waals surface area contributed by atoms with Gasteiger partial charge in [-0.05, 0) is 55.2 Å². The molecular weight excluding hydrogens is 344 g/mol. The van der Waals surface area contributed by atoms with Crippen LogP contribution >= 0.6 is 0 Å². The first-order chi connectivity index (χ1) is 13.7. The van der Waals surface area contributed by atoms with Gasteiger partial charge in [0.05, 0.1) is 5.56 Å². The van der Waals surface area contributed by atoms with Gasteiger partial charge in [-0.3, -0.25) is 4.98 Å². The minimum atomic E-state index is 0.505. The zero-order valence-electron chi connectivity index (χ0n) is 16.6. The second kappa shape index (κ2) is 5.66. The van der Waals surface area contributed by atoms with E-state index in [1.165, 1.54) is 55.3 Å². The Bertz CT molecular complexity index is 1240. The summed E-state index contributed by atoms with van der Waals surface area (Å²) in [6.45, 7) is 2.21. The summed E-state index contributed by atoms with van der Waals surface area (Å²) in [7, 11) is 2.18. The van der Waals surface area contributed by atoms with Gasteiger partial charge in [-0.1, -0.05) is 25.0 Å². The van der Waals surface area contributed by atoms with E-state index < -0.39 is 0 Å². The molecule has 6 rings (SSSR count). The summed E-state index contributed by atoms with van der Waals surface area (Å²) in [6, 6.07) is 8.74. The molecule has 0 saturated heterocycles. The maximum atomic E-state index is 6.40. The smallest absolute Gasteiger partial charge is 0.219 e. The third-order valence-corrected chi connectivity index (χ3v) is 7.19. The highest BCUT2D eigenvalue weighted by molar-refractivity contribution is 6.09. The van der Waals surface area contributed by atoms with Gasteiger partial charge in [0.2, 0.25) is 5.69 Å². The lowest BCUT2D eigenvalue weighted by molar-refractivity contribution is -0.660. The van der Waals surface area contributed by atoms with Crippen LogP contribution in [0.15, 0.2) is 47.3 Å². The zero-order valence-corrected chi connectivity index (χ0v) is 16.6. The second-order valence-corrected chi connectivity index (χ2v) is 8.95. The molecule has 3 aromatic heterocycles. The third-order valence-electron chi connectivity index (χ3n) is 7.19. The number of benzene rings is 1. The van der Waals surface area contributed by atoms with E-state index in [1.807, 2.05) is 12.3 Å². The van der Waals surface area contributed by atoms with Crippen LogP contribution in [0.4, 0.5) is 0 Å². The molecule has 0 unspecified atom stereocenters. The minimum Gasteiger partial charge on any atom is -0.455 e. The molecule has 1 saturated carbocycles. The van der Waals surface area contributed by atoms with Gasteiger partial charge < -0.3 is 4.42 Å². The summed E-state index contributed by atoms with van der Waals surface area (Å²) in [5.41, 5.74) is 9.38. The van der Waals surface area contributed by atoms with Crippen molar-refractivity contribution in [2.45, 2.75) is 45.4 Å². The van der Waals surface area contributed by atoms with Gasteiger partial charge in [-0.15, -0.1) is 0 Å². The van der Waals surface area contributed by atoms with Crippen LogP contribution in [0.5, 0.6) is 0 Å². The summed E-state index contributed by atoms with van der Waals surface area (Å²) in [6.07, 6.45) is 14.0. The maximum Gasteiger partial charge on any atom is 0.219 e. The molecule has 3 nitrogen and oxygen atoms in total. The second-order valence-electron chi connectivity index (χ2n) is 8.95. The van der Waals surface area contributed by atoms with Crippen LogP contribution in [0.25, 0.3) is 33.2 Å². The molecule has 0 amide bonds. The molecule has 2 aliphatic carbocycles. The third kappa shape index (κ3) is 2.16. The largest absolute Gasteiger partial charge is 0.455 e. The molecule has 0 bridgehead atoms. The molecule has 0 N–H and O–H groups in total. The van der Waals surface area contributed by atoms with E-state index in [0.29, 0.717) is 5.41 Å². The van der Waals surface area contributed by atoms with Gasteiger partial charge in [0.1, 0.15) is 18.2 Å². The highest BCUT2D eigenvalue weighted by Crippen LogP contribution is 2.51. The van der Waals surface area contributed by atoms with Crippen molar-refractivity contribution in [3.8, 4) is 11.3 Å². The highest BCUT2D eigenvalue weighted by Gasteiger charge is 2.43. The quantitative estimate of drug-likeness (QED) is 0.418. The lowest BCUT2D eigenvalue weighted by Gasteiger charge is -2.21. The van der Waals surface area contributed by atoms with Crippen molar-refractivity contribution < 1.29 is 8.98 Å². The number of aryl methyl sites for hydroxylation is 2. The SMILES string of the molecule is Cc1ccc2c(oc3ccncc32)c1-c1c2c(cc[n+]1C)CC1(CCCC1)C2. The molecular formula is C25H25N2O+. The number of nitrogens with zero attached hydrogens (tertiary/aromatic N) is 2. The van der Waals surface area contributed by atoms with Gasteiger partial charge in [-0.25, -0.2) is 4.57 Å². The predicted molar refractivity (Wildman–Crippen MR) is 111 cm³/mol. The van der Waals surface area contributed by atoms with Crippen molar-refractivity contribution in [1.82, 2.24) is 4.98 Å². The average Bonchev–Trinajstić information content (AvgIpc) is 3.39. The molecule has 3 heterocycles. The van der Waals surface area contributed by atoms with Crippen LogP contribution in [0, 0.1) is 12.3 Å². The van der Waals surface area contributed by atoms with Crippen LogP contribution in [0.1, 0.15) is 42.4 Å². The van der Waals surface area contributed by atoms with E-state index in [0.717, 1.165) is 21.9 Å². The Balaban J connectivity index is 1.66. The highest BCUT2D eigenvalue weighted by atomic mass is 16.3. The Morgan fingerprint density at radius 2 is 1.89 bits per heavy atom. The van der Waals surface area contributed by atoms with Gasteiger partial charge in [-0.2, -0.15) is 0 Å². The summed E-state index contributed by atoms with van der Waals surface area (Å²) in [4.78, 5) is 4.32. The Morgan fingerprint density at radius 3 is 2.75 bits per heavy atom. The first-order valence-electron chi connectivity index (χ1n) is 10.4. The lowest BCUT2D eigenvalue weighted by atomic mass is 9.83. The minimum absolute atomic E-state index is 0.505. The number of fused-ring (bicyclic) bond motifs is 4. The fraction of sp³-hybridized carbons (Fsp3) is 0.360. The van der Waals surface area contributed by atoms with E-state index in [9.17, 15) is 0 Å². The van der Waals surface area contributed by atoms with Crippen LogP contribution < -0.4 is 4.57 Å². The summed E-state index contributed by atoms with van der Waals surface area (Å²) in [5, 5.41) is 2.26. The normalized spacial score (nSPS) is 17.8. The zero-order chi connectivity index (χ0) is 18.9. The number of hydrogen-bond acceptors (Lipinski definition) is 2. The molecule has 28 heavy (non-hydrogen) atoms. The molecule has 3 heteroatoms. The van der Waals surface area contributed by atoms with E-state index >= 15 is 0 Å². The first kappa shape index (κ1) is 16.3. The molecule has 1 fully saturated rings. The monoisotopic (exact) mass is 369 g/mol. The van der Waals surface area contributed by atoms with Crippen molar-refractivity contribution in [3.05, 3.63) is 59.5 Å². The molecule has 140 valence electrons. The number of furan rings is 1. The van der Waals surface area contributed by atoms with Gasteiger partial charge in [0.15, 0.2) is 6.20 Å². The fourth-order valence-electron chi connectivity index (χ4n) is 5.83. The molecule has 1 aromatic carbocycles. The van der Waals surface area contributed by atoms with Gasteiger partial charge in [0, 0.05) is 34.8 Å². The topological polar surface area (TPSA) is 29.9 Å². The van der Waals surface area contributed by atoms with E-state index in [-0.39, 0.29) is 0 Å². The average molecular weight is 369 g/mol. The van der Waals surface area contributed by atoms with E-state index in [4.69, 9.17) is 4.42 Å². The van der Waals surface area contributed by atoms with Crippen LogP contribution in [-0.4, -0.2) is 4.98 Å². The van der Waals surface area contributed by atoms with Crippen molar-refractivity contribution >= 4 is 21.9 Å². The Labute approximate surface area is 165 Å². The van der Waals surface area contributed by atoms with Crippen LogP contribution in [0.3, 0.4) is 0 Å². The number of rotatable bonds is 1. The van der Waals surface area contributed by atoms with E-state index in [2.05, 4.69) is 47.9 Å². The maximum absolute atomic E-state index is 6.40. The summed E-state index contributed by atoms with van der Waals surface area (Å²) >= 11 is 0. The Hall–Kier alpha value is -2.68. The molecule has 0 atom stereocenters. The standard InChI is InChI=1S/C25H25N2O/c1-16-5-6-18-20-15-26-11-7-21(20)28-24(18)22(16)23-19-14-25(9-3-4-10-25)13-17(19)8-12-27(23)2/h5-8,11-12,15H,3-4,9-10,13-14H2,1-2H3/q+1. The van der Waals surface area contributed by atoms with Crippen molar-refractivity contribution in [1.29, 1.82) is 0 Å². The molecule has 4 aromatic rings. The predicted octanol–water partition coefficient (Wildman–Crippen LogP) is 5.44.